The van der Waals surface area contributed by atoms with Crippen LogP contribution in [-0.4, -0.2) is 23.7 Å². The highest BCUT2D eigenvalue weighted by Gasteiger charge is 2.36. The van der Waals surface area contributed by atoms with Gasteiger partial charge in [-0.2, -0.15) is 0 Å². The first-order valence-corrected chi connectivity index (χ1v) is 8.55. The Balaban J connectivity index is 1.92. The molecule has 0 saturated carbocycles. The van der Waals surface area contributed by atoms with Crippen LogP contribution < -0.4 is 0 Å². The fourth-order valence-electron chi connectivity index (χ4n) is 3.95. The second-order valence-electron chi connectivity index (χ2n) is 6.06. The Morgan fingerprint density at radius 3 is 3.14 bits per heavy atom. The molecule has 3 aliphatic rings. The number of nitrogens with zero attached hydrogens (tertiary/aromatic N) is 2. The van der Waals surface area contributed by atoms with Crippen molar-refractivity contribution in [2.45, 2.75) is 25.7 Å². The molecule has 0 bridgehead atoms. The summed E-state index contributed by atoms with van der Waals surface area (Å²) >= 11 is 3.66. The summed E-state index contributed by atoms with van der Waals surface area (Å²) in [5.41, 5.74) is 6.68. The molecule has 108 valence electrons. The molecule has 0 radical (unpaired) electrons. The van der Waals surface area contributed by atoms with Crippen molar-refractivity contribution >= 4 is 32.9 Å². The van der Waals surface area contributed by atoms with Crippen LogP contribution in [0.5, 0.6) is 0 Å². The number of allylic oxidation sites excluding steroid dienone is 3. The average molecular weight is 343 g/mol. The summed E-state index contributed by atoms with van der Waals surface area (Å²) < 4.78 is 1.11. The van der Waals surface area contributed by atoms with E-state index in [4.69, 9.17) is 4.99 Å². The van der Waals surface area contributed by atoms with E-state index in [1.165, 1.54) is 41.9 Å². The molecule has 1 unspecified atom stereocenters. The Kier molecular flexibility index (Phi) is 3.26. The monoisotopic (exact) mass is 342 g/mol. The van der Waals surface area contributed by atoms with Gasteiger partial charge in [-0.05, 0) is 41.3 Å². The number of hydrogen-bond acceptors (Lipinski definition) is 2. The number of benzene rings is 1. The molecule has 0 spiro atoms. The van der Waals surface area contributed by atoms with Crippen molar-refractivity contribution < 1.29 is 0 Å². The fourth-order valence-corrected chi connectivity index (χ4v) is 4.41. The molecule has 1 fully saturated rings. The van der Waals surface area contributed by atoms with Crippen molar-refractivity contribution in [1.82, 2.24) is 4.90 Å². The van der Waals surface area contributed by atoms with Crippen molar-refractivity contribution in [1.29, 1.82) is 0 Å². The van der Waals surface area contributed by atoms with Crippen LogP contribution in [0.4, 0.5) is 5.69 Å². The zero-order chi connectivity index (χ0) is 14.4. The van der Waals surface area contributed by atoms with Crippen LogP contribution in [0.3, 0.4) is 0 Å². The van der Waals surface area contributed by atoms with Gasteiger partial charge in [0.25, 0.3) is 0 Å². The predicted octanol–water partition coefficient (Wildman–Crippen LogP) is 4.94. The van der Waals surface area contributed by atoms with Gasteiger partial charge >= 0.3 is 0 Å². The van der Waals surface area contributed by atoms with E-state index in [0.717, 1.165) is 29.5 Å². The van der Waals surface area contributed by atoms with Crippen molar-refractivity contribution in [2.75, 3.05) is 13.1 Å². The molecule has 1 aromatic carbocycles. The standard InChI is InChI=1S/C18H19BrN2/c1-2-5-12-6-4-10-21-11-9-15-16(18(12)21)13-7-3-8-14(19)17(13)20-15/h2-3,7-8,12H,1,4-6,9-11H2. The zero-order valence-electron chi connectivity index (χ0n) is 12.1. The summed E-state index contributed by atoms with van der Waals surface area (Å²) in [6.07, 6.45) is 6.79. The highest BCUT2D eigenvalue weighted by molar-refractivity contribution is 9.10. The minimum Gasteiger partial charge on any atom is -0.374 e. The summed E-state index contributed by atoms with van der Waals surface area (Å²) in [5, 5.41) is 0. The third-order valence-corrected chi connectivity index (χ3v) is 5.47. The highest BCUT2D eigenvalue weighted by atomic mass is 79.9. The van der Waals surface area contributed by atoms with Gasteiger partial charge in [-0.1, -0.05) is 18.2 Å². The summed E-state index contributed by atoms with van der Waals surface area (Å²) in [7, 11) is 0. The third-order valence-electron chi connectivity index (χ3n) is 4.83. The van der Waals surface area contributed by atoms with Gasteiger partial charge in [0, 0.05) is 46.7 Å². The number of fused-ring (bicyclic) bond motifs is 4. The van der Waals surface area contributed by atoms with Gasteiger partial charge < -0.3 is 4.90 Å². The van der Waals surface area contributed by atoms with Gasteiger partial charge in [-0.25, -0.2) is 0 Å². The number of rotatable bonds is 2. The van der Waals surface area contributed by atoms with Crippen LogP contribution in [0.2, 0.25) is 0 Å². The molecule has 1 atom stereocenters. The minimum atomic E-state index is 0.613. The van der Waals surface area contributed by atoms with E-state index in [0.29, 0.717) is 5.92 Å². The van der Waals surface area contributed by atoms with Gasteiger partial charge in [0.1, 0.15) is 0 Å². The van der Waals surface area contributed by atoms with Crippen LogP contribution in [0, 0.1) is 5.92 Å². The van der Waals surface area contributed by atoms with Gasteiger partial charge in [0.05, 0.1) is 11.4 Å². The van der Waals surface area contributed by atoms with Crippen LogP contribution in [0.15, 0.2) is 46.0 Å². The van der Waals surface area contributed by atoms with Gasteiger partial charge in [-0.3, -0.25) is 4.99 Å². The molecule has 1 saturated heterocycles. The third kappa shape index (κ3) is 2.02. The van der Waals surface area contributed by atoms with E-state index in [-0.39, 0.29) is 0 Å². The first-order valence-electron chi connectivity index (χ1n) is 7.76. The fraction of sp³-hybridized carbons (Fsp3) is 0.389. The summed E-state index contributed by atoms with van der Waals surface area (Å²) in [4.78, 5) is 7.52. The first kappa shape index (κ1) is 13.3. The lowest BCUT2D eigenvalue weighted by atomic mass is 9.82. The molecule has 4 rings (SSSR count). The Labute approximate surface area is 134 Å². The van der Waals surface area contributed by atoms with E-state index in [9.17, 15) is 0 Å². The van der Waals surface area contributed by atoms with E-state index in [1.54, 1.807) is 0 Å². The Morgan fingerprint density at radius 2 is 2.29 bits per heavy atom. The zero-order valence-corrected chi connectivity index (χ0v) is 13.7. The minimum absolute atomic E-state index is 0.613. The molecule has 0 aromatic heterocycles. The number of halogens is 1. The predicted molar refractivity (Wildman–Crippen MR) is 91.9 cm³/mol. The average Bonchev–Trinajstić information content (AvgIpc) is 2.88. The molecular weight excluding hydrogens is 324 g/mol. The SMILES string of the molecule is C=CCC1CCCN2CCC3=Nc4c(Br)cccc4C3=C12. The van der Waals surface area contributed by atoms with E-state index < -0.39 is 0 Å². The molecule has 3 heterocycles. The van der Waals surface area contributed by atoms with Crippen molar-refractivity contribution in [3.8, 4) is 0 Å². The number of para-hydroxylation sites is 1. The molecule has 0 aliphatic carbocycles. The summed E-state index contributed by atoms with van der Waals surface area (Å²) in [6, 6.07) is 6.44. The quantitative estimate of drug-likeness (QED) is 0.695. The Bertz CT molecular complexity index is 672. The van der Waals surface area contributed by atoms with Crippen molar-refractivity contribution in [3.05, 3.63) is 46.6 Å². The van der Waals surface area contributed by atoms with Crippen LogP contribution in [0.25, 0.3) is 5.57 Å². The molecule has 2 nitrogen and oxygen atoms in total. The van der Waals surface area contributed by atoms with E-state index in [2.05, 4.69) is 51.7 Å². The van der Waals surface area contributed by atoms with Gasteiger partial charge in [-0.15, -0.1) is 6.58 Å². The number of hydrogen-bond donors (Lipinski definition) is 0. The maximum atomic E-state index is 4.92. The number of aliphatic imine (C=N–C) groups is 1. The number of piperidine rings is 1. The summed E-state index contributed by atoms with van der Waals surface area (Å²) in [6.45, 7) is 6.28. The molecule has 1 aromatic rings. The Hall–Kier alpha value is -1.35. The smallest absolute Gasteiger partial charge is 0.0854 e. The van der Waals surface area contributed by atoms with Crippen molar-refractivity contribution in [3.63, 3.8) is 0 Å². The molecule has 0 N–H and O–H groups in total. The second-order valence-corrected chi connectivity index (χ2v) is 6.91. The maximum Gasteiger partial charge on any atom is 0.0854 e. The molecule has 3 aliphatic heterocycles. The highest BCUT2D eigenvalue weighted by Crippen LogP contribution is 2.47. The molecule has 21 heavy (non-hydrogen) atoms. The lowest BCUT2D eigenvalue weighted by molar-refractivity contribution is 0.246. The summed E-state index contributed by atoms with van der Waals surface area (Å²) in [5.74, 6) is 0.613. The topological polar surface area (TPSA) is 15.6 Å². The van der Waals surface area contributed by atoms with Gasteiger partial charge in [0.15, 0.2) is 0 Å². The second kappa shape index (κ2) is 5.13. The largest absolute Gasteiger partial charge is 0.374 e. The lowest BCUT2D eigenvalue weighted by Gasteiger charge is -2.41. The molecular formula is C18H19BrN2. The van der Waals surface area contributed by atoms with Crippen LogP contribution in [-0.2, 0) is 0 Å². The normalized spacial score (nSPS) is 23.4. The molecule has 3 heteroatoms. The first-order chi connectivity index (χ1) is 10.3. The van der Waals surface area contributed by atoms with E-state index in [1.807, 2.05) is 0 Å². The van der Waals surface area contributed by atoms with Crippen LogP contribution in [0.1, 0.15) is 31.2 Å². The molecule has 0 amide bonds. The van der Waals surface area contributed by atoms with Crippen LogP contribution >= 0.6 is 15.9 Å². The van der Waals surface area contributed by atoms with E-state index >= 15 is 0 Å². The van der Waals surface area contributed by atoms with Crippen molar-refractivity contribution in [2.24, 2.45) is 10.9 Å². The lowest BCUT2D eigenvalue weighted by Crippen LogP contribution is -2.39. The van der Waals surface area contributed by atoms with Gasteiger partial charge in [0.2, 0.25) is 0 Å². The maximum absolute atomic E-state index is 4.92. The Morgan fingerprint density at radius 1 is 1.38 bits per heavy atom.